The maximum atomic E-state index is 10.1. The Kier molecular flexibility index (Phi) is 4.26. The third kappa shape index (κ3) is 3.63. The van der Waals surface area contributed by atoms with E-state index in [-0.39, 0.29) is 6.61 Å². The summed E-state index contributed by atoms with van der Waals surface area (Å²) < 4.78 is 10.6. The molecule has 1 unspecified atom stereocenters. The average Bonchev–Trinajstić information content (AvgIpc) is 2.46. The van der Waals surface area contributed by atoms with Crippen LogP contribution in [-0.4, -0.2) is 18.8 Å². The van der Waals surface area contributed by atoms with Crippen molar-refractivity contribution in [1.82, 2.24) is 0 Å². The second-order valence-electron chi connectivity index (χ2n) is 4.17. The summed E-state index contributed by atoms with van der Waals surface area (Å²) in [5.41, 5.74) is 7.03. The van der Waals surface area contributed by atoms with Crippen molar-refractivity contribution in [2.75, 3.05) is 19.5 Å². The van der Waals surface area contributed by atoms with Crippen LogP contribution in [0.3, 0.4) is 0 Å². The van der Waals surface area contributed by atoms with Crippen LogP contribution >= 0.6 is 0 Å². The van der Waals surface area contributed by atoms with Gasteiger partial charge < -0.3 is 20.3 Å². The third-order valence-corrected chi connectivity index (χ3v) is 2.77. The molecule has 4 nitrogen and oxygen atoms in total. The number of nitrogen functional groups attached to an aromatic ring is 1. The van der Waals surface area contributed by atoms with Crippen molar-refractivity contribution in [3.63, 3.8) is 0 Å². The first-order valence-corrected chi connectivity index (χ1v) is 5.99. The summed E-state index contributed by atoms with van der Waals surface area (Å²) in [5, 5.41) is 10.1. The average molecular weight is 259 g/mol. The summed E-state index contributed by atoms with van der Waals surface area (Å²) in [5.74, 6) is 1.39. The maximum Gasteiger partial charge on any atom is 0.119 e. The van der Waals surface area contributed by atoms with E-state index in [0.29, 0.717) is 17.2 Å². The van der Waals surface area contributed by atoms with Gasteiger partial charge >= 0.3 is 0 Å². The summed E-state index contributed by atoms with van der Waals surface area (Å²) in [6.07, 6.45) is -0.701. The Hall–Kier alpha value is -2.20. The van der Waals surface area contributed by atoms with Gasteiger partial charge in [-0.3, -0.25) is 0 Å². The first-order chi connectivity index (χ1) is 9.19. The van der Waals surface area contributed by atoms with Gasteiger partial charge in [-0.2, -0.15) is 0 Å². The van der Waals surface area contributed by atoms with Crippen molar-refractivity contribution in [3.05, 3.63) is 54.1 Å². The number of hydrogen-bond acceptors (Lipinski definition) is 4. The molecule has 0 aromatic heterocycles. The molecule has 0 radical (unpaired) electrons. The fourth-order valence-corrected chi connectivity index (χ4v) is 1.68. The number of hydrogen-bond donors (Lipinski definition) is 2. The molecular formula is C15H17NO3. The molecule has 2 aromatic carbocycles. The molecule has 0 aliphatic heterocycles. The molecule has 0 saturated heterocycles. The van der Waals surface area contributed by atoms with Gasteiger partial charge in [-0.05, 0) is 42.0 Å². The predicted octanol–water partition coefficient (Wildman–Crippen LogP) is 2.39. The molecule has 0 spiro atoms. The van der Waals surface area contributed by atoms with Crippen molar-refractivity contribution >= 4 is 5.69 Å². The molecule has 0 amide bonds. The van der Waals surface area contributed by atoms with E-state index in [2.05, 4.69) is 0 Å². The first-order valence-electron chi connectivity index (χ1n) is 5.99. The molecule has 100 valence electrons. The van der Waals surface area contributed by atoms with E-state index in [1.165, 1.54) is 0 Å². The SMILES string of the molecule is COc1cccc(C(O)COc2ccc(N)cc2)c1. The van der Waals surface area contributed by atoms with Crippen LogP contribution in [0.15, 0.2) is 48.5 Å². The highest BCUT2D eigenvalue weighted by Crippen LogP contribution is 2.21. The van der Waals surface area contributed by atoms with Gasteiger partial charge in [0.1, 0.15) is 24.2 Å². The number of aliphatic hydroxyl groups is 1. The highest BCUT2D eigenvalue weighted by atomic mass is 16.5. The molecule has 19 heavy (non-hydrogen) atoms. The van der Waals surface area contributed by atoms with Gasteiger partial charge in [0.25, 0.3) is 0 Å². The summed E-state index contributed by atoms with van der Waals surface area (Å²) in [6.45, 7) is 0.178. The highest BCUT2D eigenvalue weighted by Gasteiger charge is 2.09. The molecule has 0 bridgehead atoms. The Morgan fingerprint density at radius 3 is 2.53 bits per heavy atom. The number of aliphatic hydroxyl groups excluding tert-OH is 1. The smallest absolute Gasteiger partial charge is 0.119 e. The highest BCUT2D eigenvalue weighted by molar-refractivity contribution is 5.41. The van der Waals surface area contributed by atoms with Gasteiger partial charge in [0, 0.05) is 5.69 Å². The third-order valence-electron chi connectivity index (χ3n) is 2.77. The zero-order valence-corrected chi connectivity index (χ0v) is 10.7. The molecule has 1 atom stereocenters. The minimum Gasteiger partial charge on any atom is -0.497 e. The van der Waals surface area contributed by atoms with E-state index in [4.69, 9.17) is 15.2 Å². The van der Waals surface area contributed by atoms with Crippen LogP contribution < -0.4 is 15.2 Å². The Labute approximate surface area is 112 Å². The normalized spacial score (nSPS) is 11.9. The van der Waals surface area contributed by atoms with Gasteiger partial charge in [0.05, 0.1) is 7.11 Å². The van der Waals surface area contributed by atoms with E-state index >= 15 is 0 Å². The number of benzene rings is 2. The van der Waals surface area contributed by atoms with E-state index in [9.17, 15) is 5.11 Å². The Balaban J connectivity index is 1.96. The second kappa shape index (κ2) is 6.11. The molecule has 0 fully saturated rings. The van der Waals surface area contributed by atoms with Crippen molar-refractivity contribution in [2.24, 2.45) is 0 Å². The molecule has 0 aliphatic carbocycles. The zero-order valence-electron chi connectivity index (χ0n) is 10.7. The quantitative estimate of drug-likeness (QED) is 0.809. The Morgan fingerprint density at radius 2 is 1.84 bits per heavy atom. The maximum absolute atomic E-state index is 10.1. The van der Waals surface area contributed by atoms with Crippen molar-refractivity contribution in [2.45, 2.75) is 6.10 Å². The number of ether oxygens (including phenoxy) is 2. The van der Waals surface area contributed by atoms with Crippen LogP contribution in [0.2, 0.25) is 0 Å². The topological polar surface area (TPSA) is 64.7 Å². The Bertz CT molecular complexity index is 525. The minimum atomic E-state index is -0.701. The zero-order chi connectivity index (χ0) is 13.7. The molecule has 0 aliphatic rings. The first kappa shape index (κ1) is 13.2. The van der Waals surface area contributed by atoms with E-state index in [1.54, 1.807) is 37.4 Å². The molecule has 3 N–H and O–H groups in total. The fraction of sp³-hybridized carbons (Fsp3) is 0.200. The number of methoxy groups -OCH3 is 1. The van der Waals surface area contributed by atoms with Crippen LogP contribution in [0, 0.1) is 0 Å². The second-order valence-corrected chi connectivity index (χ2v) is 4.17. The summed E-state index contributed by atoms with van der Waals surface area (Å²) in [6, 6.07) is 14.3. The monoisotopic (exact) mass is 259 g/mol. The summed E-state index contributed by atoms with van der Waals surface area (Å²) in [4.78, 5) is 0. The van der Waals surface area contributed by atoms with Crippen LogP contribution in [0.4, 0.5) is 5.69 Å². The van der Waals surface area contributed by atoms with Crippen LogP contribution in [0.25, 0.3) is 0 Å². The lowest BCUT2D eigenvalue weighted by Gasteiger charge is -2.13. The predicted molar refractivity (Wildman–Crippen MR) is 74.3 cm³/mol. The molecular weight excluding hydrogens is 242 g/mol. The van der Waals surface area contributed by atoms with Crippen molar-refractivity contribution in [3.8, 4) is 11.5 Å². The van der Waals surface area contributed by atoms with Crippen LogP contribution in [0.5, 0.6) is 11.5 Å². The van der Waals surface area contributed by atoms with Crippen molar-refractivity contribution < 1.29 is 14.6 Å². The molecule has 0 saturated carbocycles. The molecule has 4 heteroatoms. The van der Waals surface area contributed by atoms with Crippen LogP contribution in [0.1, 0.15) is 11.7 Å². The standard InChI is InChI=1S/C15H17NO3/c1-18-14-4-2-3-11(9-14)15(17)10-19-13-7-5-12(16)6-8-13/h2-9,15,17H,10,16H2,1H3. The number of anilines is 1. The molecule has 2 rings (SSSR count). The summed E-state index contributed by atoms with van der Waals surface area (Å²) >= 11 is 0. The van der Waals surface area contributed by atoms with Gasteiger partial charge in [-0.25, -0.2) is 0 Å². The van der Waals surface area contributed by atoms with Gasteiger partial charge in [-0.15, -0.1) is 0 Å². The van der Waals surface area contributed by atoms with E-state index in [1.807, 2.05) is 18.2 Å². The Morgan fingerprint density at radius 1 is 1.11 bits per heavy atom. The lowest BCUT2D eigenvalue weighted by Crippen LogP contribution is -2.09. The van der Waals surface area contributed by atoms with Gasteiger partial charge in [0.15, 0.2) is 0 Å². The van der Waals surface area contributed by atoms with Gasteiger partial charge in [-0.1, -0.05) is 12.1 Å². The number of rotatable bonds is 5. The van der Waals surface area contributed by atoms with Crippen LogP contribution in [-0.2, 0) is 0 Å². The lowest BCUT2D eigenvalue weighted by molar-refractivity contribution is 0.108. The van der Waals surface area contributed by atoms with E-state index in [0.717, 1.165) is 5.56 Å². The number of nitrogens with two attached hydrogens (primary N) is 1. The molecule has 2 aromatic rings. The van der Waals surface area contributed by atoms with Crippen molar-refractivity contribution in [1.29, 1.82) is 0 Å². The fourth-order valence-electron chi connectivity index (χ4n) is 1.68. The largest absolute Gasteiger partial charge is 0.497 e. The van der Waals surface area contributed by atoms with Gasteiger partial charge in [0.2, 0.25) is 0 Å². The molecule has 0 heterocycles. The lowest BCUT2D eigenvalue weighted by atomic mass is 10.1. The van der Waals surface area contributed by atoms with E-state index < -0.39 is 6.10 Å². The summed E-state index contributed by atoms with van der Waals surface area (Å²) in [7, 11) is 1.59. The minimum absolute atomic E-state index is 0.178.